The molecule has 0 atom stereocenters. The zero-order valence-electron chi connectivity index (χ0n) is 12.8. The summed E-state index contributed by atoms with van der Waals surface area (Å²) in [5, 5.41) is 0. The van der Waals surface area contributed by atoms with Crippen molar-refractivity contribution in [1.29, 1.82) is 0 Å². The number of nitrogens with zero attached hydrogens (tertiary/aromatic N) is 1. The fourth-order valence-electron chi connectivity index (χ4n) is 2.06. The van der Waals surface area contributed by atoms with Gasteiger partial charge in [-0.3, -0.25) is 0 Å². The molecule has 0 N–H and O–H groups in total. The summed E-state index contributed by atoms with van der Waals surface area (Å²) in [6.07, 6.45) is 1.70. The summed E-state index contributed by atoms with van der Waals surface area (Å²) < 4.78 is 16.6. The Bertz CT molecular complexity index is 742. The van der Waals surface area contributed by atoms with Gasteiger partial charge in [-0.05, 0) is 48.0 Å². The lowest BCUT2D eigenvalue weighted by Crippen LogP contribution is -1.96. The number of ether oxygens (including phenoxy) is 3. The summed E-state index contributed by atoms with van der Waals surface area (Å²) in [6.45, 7) is 0.484. The smallest absolute Gasteiger partial charge is 0.219 e. The summed E-state index contributed by atoms with van der Waals surface area (Å²) in [7, 11) is 1.65. The summed E-state index contributed by atoms with van der Waals surface area (Å²) >= 11 is 0. The van der Waals surface area contributed by atoms with Gasteiger partial charge < -0.3 is 14.2 Å². The van der Waals surface area contributed by atoms with E-state index in [0.29, 0.717) is 12.5 Å². The van der Waals surface area contributed by atoms with Crippen LogP contribution in [-0.4, -0.2) is 12.1 Å². The van der Waals surface area contributed by atoms with Crippen molar-refractivity contribution in [3.63, 3.8) is 0 Å². The van der Waals surface area contributed by atoms with E-state index in [2.05, 4.69) is 4.98 Å². The average molecular weight is 307 g/mol. The first-order chi connectivity index (χ1) is 11.3. The van der Waals surface area contributed by atoms with E-state index in [1.807, 2.05) is 66.7 Å². The van der Waals surface area contributed by atoms with Gasteiger partial charge >= 0.3 is 0 Å². The first kappa shape index (κ1) is 14.9. The van der Waals surface area contributed by atoms with E-state index in [4.69, 9.17) is 14.2 Å². The molecule has 0 saturated heterocycles. The molecule has 0 fully saturated rings. The van der Waals surface area contributed by atoms with Crippen molar-refractivity contribution < 1.29 is 14.2 Å². The van der Waals surface area contributed by atoms with Crippen LogP contribution in [0.1, 0.15) is 5.56 Å². The second-order valence-corrected chi connectivity index (χ2v) is 4.88. The van der Waals surface area contributed by atoms with Crippen LogP contribution in [0.25, 0.3) is 0 Å². The van der Waals surface area contributed by atoms with Gasteiger partial charge in [0.1, 0.15) is 23.9 Å². The van der Waals surface area contributed by atoms with Crippen molar-refractivity contribution in [3.05, 3.63) is 78.5 Å². The lowest BCUT2D eigenvalue weighted by atomic mass is 10.2. The highest BCUT2D eigenvalue weighted by Gasteiger charge is 2.01. The maximum absolute atomic E-state index is 5.77. The Kier molecular flexibility index (Phi) is 4.74. The van der Waals surface area contributed by atoms with Crippen LogP contribution in [0, 0.1) is 0 Å². The summed E-state index contributed by atoms with van der Waals surface area (Å²) in [5.41, 5.74) is 1.05. The molecule has 0 aliphatic carbocycles. The number of hydrogen-bond donors (Lipinski definition) is 0. The van der Waals surface area contributed by atoms with E-state index >= 15 is 0 Å². The van der Waals surface area contributed by atoms with E-state index in [0.717, 1.165) is 22.8 Å². The minimum absolute atomic E-state index is 0.484. The van der Waals surface area contributed by atoms with E-state index < -0.39 is 0 Å². The van der Waals surface area contributed by atoms with Gasteiger partial charge in [-0.2, -0.15) is 0 Å². The maximum atomic E-state index is 5.77. The highest BCUT2D eigenvalue weighted by Crippen LogP contribution is 2.23. The van der Waals surface area contributed by atoms with Crippen molar-refractivity contribution in [2.45, 2.75) is 6.61 Å². The minimum atomic E-state index is 0.484. The standard InChI is InChI=1S/C19H17NO3/c1-21-18-6-4-5-15(13-18)14-22-16-8-10-17(11-9-16)23-19-7-2-3-12-20-19/h2-13H,14H2,1H3. The van der Waals surface area contributed by atoms with Crippen LogP contribution in [-0.2, 0) is 6.61 Å². The van der Waals surface area contributed by atoms with Crippen LogP contribution in [0.4, 0.5) is 0 Å². The number of hydrogen-bond acceptors (Lipinski definition) is 4. The second kappa shape index (κ2) is 7.31. The predicted molar refractivity (Wildman–Crippen MR) is 88.1 cm³/mol. The number of methoxy groups -OCH3 is 1. The quantitative estimate of drug-likeness (QED) is 0.674. The molecule has 4 nitrogen and oxygen atoms in total. The van der Waals surface area contributed by atoms with Gasteiger partial charge in [0.05, 0.1) is 7.11 Å². The van der Waals surface area contributed by atoms with Crippen molar-refractivity contribution >= 4 is 0 Å². The number of aromatic nitrogens is 1. The van der Waals surface area contributed by atoms with Crippen molar-refractivity contribution in [1.82, 2.24) is 4.98 Å². The molecule has 1 aromatic heterocycles. The lowest BCUT2D eigenvalue weighted by molar-refractivity contribution is 0.304. The first-order valence-corrected chi connectivity index (χ1v) is 7.28. The summed E-state index contributed by atoms with van der Waals surface area (Å²) in [5.74, 6) is 2.89. The average Bonchev–Trinajstić information content (AvgIpc) is 2.62. The van der Waals surface area contributed by atoms with Gasteiger partial charge in [0.15, 0.2) is 0 Å². The van der Waals surface area contributed by atoms with Gasteiger partial charge in [-0.15, -0.1) is 0 Å². The Morgan fingerprint density at radius 2 is 1.65 bits per heavy atom. The second-order valence-electron chi connectivity index (χ2n) is 4.88. The molecule has 0 amide bonds. The molecule has 0 aliphatic heterocycles. The van der Waals surface area contributed by atoms with E-state index in [1.165, 1.54) is 0 Å². The zero-order chi connectivity index (χ0) is 15.9. The van der Waals surface area contributed by atoms with Crippen molar-refractivity contribution in [2.24, 2.45) is 0 Å². The largest absolute Gasteiger partial charge is 0.497 e. The van der Waals surface area contributed by atoms with Gasteiger partial charge in [0.25, 0.3) is 0 Å². The van der Waals surface area contributed by atoms with E-state index in [9.17, 15) is 0 Å². The van der Waals surface area contributed by atoms with Gasteiger partial charge in [0, 0.05) is 12.3 Å². The third-order valence-corrected chi connectivity index (χ3v) is 3.22. The van der Waals surface area contributed by atoms with Crippen LogP contribution in [0.2, 0.25) is 0 Å². The lowest BCUT2D eigenvalue weighted by Gasteiger charge is -2.09. The van der Waals surface area contributed by atoms with Crippen LogP contribution >= 0.6 is 0 Å². The van der Waals surface area contributed by atoms with E-state index in [1.54, 1.807) is 13.3 Å². The molecular weight excluding hydrogens is 290 g/mol. The Labute approximate surface area is 135 Å². The number of pyridine rings is 1. The normalized spacial score (nSPS) is 10.1. The Balaban J connectivity index is 1.59. The summed E-state index contributed by atoms with van der Waals surface area (Å²) in [6, 6.07) is 20.8. The van der Waals surface area contributed by atoms with Crippen molar-refractivity contribution in [2.75, 3.05) is 7.11 Å². The number of rotatable bonds is 6. The van der Waals surface area contributed by atoms with Gasteiger partial charge in [0.2, 0.25) is 5.88 Å². The maximum Gasteiger partial charge on any atom is 0.219 e. The van der Waals surface area contributed by atoms with Crippen molar-refractivity contribution in [3.8, 4) is 23.1 Å². The number of benzene rings is 2. The predicted octanol–water partition coefficient (Wildman–Crippen LogP) is 4.46. The van der Waals surface area contributed by atoms with Crippen LogP contribution in [0.5, 0.6) is 23.1 Å². The molecular formula is C19H17NO3. The molecule has 0 radical (unpaired) electrons. The Morgan fingerprint density at radius 3 is 2.39 bits per heavy atom. The fourth-order valence-corrected chi connectivity index (χ4v) is 2.06. The monoisotopic (exact) mass is 307 g/mol. The molecule has 1 heterocycles. The molecule has 3 aromatic rings. The van der Waals surface area contributed by atoms with E-state index in [-0.39, 0.29) is 0 Å². The molecule has 4 heteroatoms. The SMILES string of the molecule is COc1cccc(COc2ccc(Oc3ccccn3)cc2)c1. The van der Waals surface area contributed by atoms with Crippen LogP contribution in [0.3, 0.4) is 0 Å². The minimum Gasteiger partial charge on any atom is -0.497 e. The molecule has 23 heavy (non-hydrogen) atoms. The molecule has 0 spiro atoms. The first-order valence-electron chi connectivity index (χ1n) is 7.28. The topological polar surface area (TPSA) is 40.6 Å². The molecule has 2 aromatic carbocycles. The summed E-state index contributed by atoms with van der Waals surface area (Å²) in [4.78, 5) is 4.12. The molecule has 0 saturated carbocycles. The Hall–Kier alpha value is -3.01. The van der Waals surface area contributed by atoms with Gasteiger partial charge in [-0.25, -0.2) is 4.98 Å². The third kappa shape index (κ3) is 4.23. The highest BCUT2D eigenvalue weighted by molar-refractivity contribution is 5.34. The molecule has 0 bridgehead atoms. The highest BCUT2D eigenvalue weighted by atomic mass is 16.5. The van der Waals surface area contributed by atoms with Gasteiger partial charge in [-0.1, -0.05) is 18.2 Å². The van der Waals surface area contributed by atoms with Crippen LogP contribution in [0.15, 0.2) is 72.9 Å². The molecule has 0 unspecified atom stereocenters. The molecule has 3 rings (SSSR count). The fraction of sp³-hybridized carbons (Fsp3) is 0.105. The van der Waals surface area contributed by atoms with Crippen LogP contribution < -0.4 is 14.2 Å². The Morgan fingerprint density at radius 1 is 0.826 bits per heavy atom. The zero-order valence-corrected chi connectivity index (χ0v) is 12.8. The molecule has 0 aliphatic rings. The molecule has 116 valence electrons. The third-order valence-electron chi connectivity index (χ3n) is 3.22.